The number of nitrogens with zero attached hydrogens (tertiary/aromatic N) is 5. The van der Waals surface area contributed by atoms with Crippen molar-refractivity contribution < 1.29 is 39.4 Å². The van der Waals surface area contributed by atoms with E-state index in [2.05, 4.69) is 103 Å². The molecule has 13 heteroatoms. The maximum absolute atomic E-state index is 8.25. The molecule has 0 amide bonds. The van der Waals surface area contributed by atoms with Crippen molar-refractivity contribution in [2.45, 2.75) is 12.8 Å². The normalized spacial score (nSPS) is 11.3. The minimum absolute atomic E-state index is 0. The van der Waals surface area contributed by atoms with E-state index in [1.807, 2.05) is 83.2 Å². The average molecular weight is 887 g/mol. The van der Waals surface area contributed by atoms with Gasteiger partial charge in [-0.1, -0.05) is 70.4 Å². The number of halogens is 4. The minimum Gasteiger partial charge on any atom is -0.857 e. The Morgan fingerprint density at radius 2 is 1.38 bits per heavy atom. The third-order valence-electron chi connectivity index (χ3n) is 5.52. The molecule has 7 rings (SSSR count). The number of hydrogen-bond donors (Lipinski definition) is 1. The van der Waals surface area contributed by atoms with Gasteiger partial charge in [0.15, 0.2) is 0 Å². The summed E-state index contributed by atoms with van der Waals surface area (Å²) in [6.45, 7) is 2.00. The molecule has 1 N–H and O–H groups in total. The molecule has 0 unspecified atom stereocenters. The molecule has 220 valence electrons. The average Bonchev–Trinajstić information content (AvgIpc) is 3.80. The van der Waals surface area contributed by atoms with Crippen molar-refractivity contribution in [1.82, 2.24) is 29.8 Å². The maximum atomic E-state index is 8.25. The van der Waals surface area contributed by atoms with E-state index in [4.69, 9.17) is 9.84 Å². The number of alkyl halides is 1. The van der Waals surface area contributed by atoms with Crippen molar-refractivity contribution in [2.24, 2.45) is 14.1 Å². The van der Waals surface area contributed by atoms with Gasteiger partial charge in [0.25, 0.3) is 0 Å². The zero-order valence-corrected chi connectivity index (χ0v) is 33.2. The minimum atomic E-state index is 0. The SMILES string of the molecule is Brc1ccc2[nH]ncc2c1.C1CCOC1.CI.C[O-].Cn1cc2cc(Br)ccc2n1.Cn1ncc2cc(Br)ccc21.[Na+]. The molecular formula is C29H33Br3IN6NaO2. The first-order valence-corrected chi connectivity index (χ1v) is 17.0. The first kappa shape index (κ1) is 39.2. The van der Waals surface area contributed by atoms with E-state index in [0.717, 1.165) is 55.7 Å². The second-order valence-electron chi connectivity index (χ2n) is 8.40. The van der Waals surface area contributed by atoms with E-state index in [1.54, 1.807) is 6.20 Å². The van der Waals surface area contributed by atoms with Gasteiger partial charge in [0, 0.05) is 63.1 Å². The van der Waals surface area contributed by atoms with Crippen LogP contribution in [-0.4, -0.2) is 55.0 Å². The van der Waals surface area contributed by atoms with Crippen LogP contribution in [0.3, 0.4) is 0 Å². The molecule has 1 aliphatic heterocycles. The van der Waals surface area contributed by atoms with E-state index in [9.17, 15) is 0 Å². The van der Waals surface area contributed by atoms with Gasteiger partial charge < -0.3 is 9.84 Å². The number of hydrogen-bond acceptors (Lipinski definition) is 5. The zero-order valence-electron chi connectivity index (χ0n) is 24.3. The third-order valence-corrected chi connectivity index (χ3v) is 7.00. The van der Waals surface area contributed by atoms with Gasteiger partial charge in [0.1, 0.15) is 0 Å². The quantitative estimate of drug-likeness (QED) is 0.134. The molecule has 3 aromatic heterocycles. The Bertz CT molecular complexity index is 1590. The van der Waals surface area contributed by atoms with Gasteiger partial charge >= 0.3 is 29.6 Å². The molecule has 0 saturated carbocycles. The van der Waals surface area contributed by atoms with Crippen LogP contribution in [-0.2, 0) is 18.8 Å². The molecule has 4 heterocycles. The second-order valence-corrected chi connectivity index (χ2v) is 11.1. The van der Waals surface area contributed by atoms with Crippen molar-refractivity contribution >= 4 is 103 Å². The van der Waals surface area contributed by atoms with Gasteiger partial charge in [0.05, 0.1) is 28.9 Å². The van der Waals surface area contributed by atoms with Crippen LogP contribution in [0.4, 0.5) is 0 Å². The number of rotatable bonds is 0. The predicted octanol–water partition coefficient (Wildman–Crippen LogP) is 4.83. The van der Waals surface area contributed by atoms with Gasteiger partial charge in [0.2, 0.25) is 0 Å². The summed E-state index contributed by atoms with van der Waals surface area (Å²) in [7, 11) is 4.62. The van der Waals surface area contributed by atoms with Crippen molar-refractivity contribution in [3.8, 4) is 0 Å². The number of nitrogens with one attached hydrogen (secondary N) is 1. The van der Waals surface area contributed by atoms with Gasteiger partial charge in [-0.2, -0.15) is 22.4 Å². The number of aryl methyl sites for hydroxylation is 2. The third kappa shape index (κ3) is 13.0. The molecular weight excluding hydrogens is 854 g/mol. The molecule has 0 aliphatic carbocycles. The number of fused-ring (bicyclic) bond motifs is 3. The van der Waals surface area contributed by atoms with Crippen LogP contribution in [0.2, 0.25) is 0 Å². The Morgan fingerprint density at radius 1 is 0.810 bits per heavy atom. The molecule has 42 heavy (non-hydrogen) atoms. The fourth-order valence-electron chi connectivity index (χ4n) is 3.68. The number of ether oxygens (including phenoxy) is 1. The van der Waals surface area contributed by atoms with E-state index >= 15 is 0 Å². The van der Waals surface area contributed by atoms with E-state index in [0.29, 0.717) is 0 Å². The summed E-state index contributed by atoms with van der Waals surface area (Å²) in [5.41, 5.74) is 3.27. The van der Waals surface area contributed by atoms with Gasteiger partial charge in [-0.05, 0) is 72.4 Å². The number of H-pyrrole nitrogens is 1. The van der Waals surface area contributed by atoms with Crippen LogP contribution in [0.5, 0.6) is 0 Å². The van der Waals surface area contributed by atoms with Crippen LogP contribution in [0, 0.1) is 0 Å². The summed E-state index contributed by atoms with van der Waals surface area (Å²) >= 11 is 12.3. The van der Waals surface area contributed by atoms with E-state index < -0.39 is 0 Å². The predicted molar refractivity (Wildman–Crippen MR) is 187 cm³/mol. The largest absolute Gasteiger partial charge is 1.00 e. The van der Waals surface area contributed by atoms with Gasteiger partial charge in [-0.15, -0.1) is 0 Å². The molecule has 0 atom stereocenters. The molecule has 1 fully saturated rings. The summed E-state index contributed by atoms with van der Waals surface area (Å²) in [6, 6.07) is 18.2. The van der Waals surface area contributed by atoms with Crippen LogP contribution in [0.1, 0.15) is 12.8 Å². The fraction of sp³-hybridized carbons (Fsp3) is 0.276. The molecule has 1 aliphatic rings. The van der Waals surface area contributed by atoms with Gasteiger partial charge in [-0.3, -0.25) is 14.5 Å². The molecule has 8 nitrogen and oxygen atoms in total. The van der Waals surface area contributed by atoms with Crippen LogP contribution in [0.25, 0.3) is 32.7 Å². The smallest absolute Gasteiger partial charge is 0.857 e. The first-order valence-electron chi connectivity index (χ1n) is 12.5. The number of benzene rings is 3. The molecule has 1 saturated heterocycles. The van der Waals surface area contributed by atoms with Crippen molar-refractivity contribution in [1.29, 1.82) is 0 Å². The Kier molecular flexibility index (Phi) is 20.3. The van der Waals surface area contributed by atoms with Gasteiger partial charge in [-0.25, -0.2) is 0 Å². The van der Waals surface area contributed by atoms with Crippen molar-refractivity contribution in [3.63, 3.8) is 0 Å². The Labute approximate surface area is 307 Å². The summed E-state index contributed by atoms with van der Waals surface area (Å²) in [5.74, 6) is 0. The van der Waals surface area contributed by atoms with E-state index in [1.165, 1.54) is 23.6 Å². The summed E-state index contributed by atoms with van der Waals surface area (Å²) in [5, 5.41) is 26.9. The monoisotopic (exact) mass is 884 g/mol. The molecule has 3 aromatic carbocycles. The van der Waals surface area contributed by atoms with E-state index in [-0.39, 0.29) is 29.6 Å². The molecule has 6 aromatic rings. The maximum Gasteiger partial charge on any atom is 1.00 e. The van der Waals surface area contributed by atoms with Crippen LogP contribution >= 0.6 is 70.4 Å². The Balaban J connectivity index is 0.000000274. The molecule has 0 radical (unpaired) electrons. The molecule has 0 bridgehead atoms. The molecule has 0 spiro atoms. The zero-order chi connectivity index (χ0) is 30.2. The topological polar surface area (TPSA) is 96.6 Å². The summed E-state index contributed by atoms with van der Waals surface area (Å²) in [6.07, 6.45) is 8.22. The van der Waals surface area contributed by atoms with Crippen LogP contribution < -0.4 is 34.7 Å². The standard InChI is InChI=1S/2C8H7BrN2.C7H5BrN2.C4H8O.CH3I.CH3O.Na/c1-11-5-6-4-7(9)2-3-8(6)10-11;1-11-8-3-2-7(9)4-6(8)5-10-11;8-6-1-2-7-5(3-6)4-9-10-7;1-2-4-5-3-1;2*1-2;/h2*2-5H,1H3;1-4H,(H,9,10);1-4H2;2*1H3;/q;;;;;-1;+1. The second kappa shape index (κ2) is 21.8. The van der Waals surface area contributed by atoms with Crippen molar-refractivity contribution in [3.05, 3.63) is 86.6 Å². The Hall–Kier alpha value is -0.840. The van der Waals surface area contributed by atoms with Crippen molar-refractivity contribution in [2.75, 3.05) is 25.3 Å². The Morgan fingerprint density at radius 3 is 2.00 bits per heavy atom. The summed E-state index contributed by atoms with van der Waals surface area (Å²) < 4.78 is 11.9. The first-order chi connectivity index (χ1) is 19.9. The number of aromatic amines is 1. The summed E-state index contributed by atoms with van der Waals surface area (Å²) in [4.78, 5) is 1.97. The number of aromatic nitrogens is 6. The van der Waals surface area contributed by atoms with Crippen LogP contribution in [0.15, 0.2) is 86.6 Å². The fourth-order valence-corrected chi connectivity index (χ4v) is 4.81.